The first-order valence-corrected chi connectivity index (χ1v) is 12.5. The molecule has 7 nitrogen and oxygen atoms in total. The van der Waals surface area contributed by atoms with Gasteiger partial charge in [0.1, 0.15) is 11.8 Å². The van der Waals surface area contributed by atoms with E-state index in [1.807, 2.05) is 13.0 Å². The molecule has 0 radical (unpaired) electrons. The fourth-order valence-electron chi connectivity index (χ4n) is 3.94. The Bertz CT molecular complexity index is 752. The van der Waals surface area contributed by atoms with Crippen molar-refractivity contribution in [2.75, 3.05) is 26.3 Å². The second-order valence-corrected chi connectivity index (χ2v) is 8.55. The molecule has 184 valence electrons. The number of unbranched alkanes of at least 4 members (excludes halogenated alkanes) is 7. The molecule has 0 aromatic heterocycles. The van der Waals surface area contributed by atoms with Crippen LogP contribution in [0.25, 0.3) is 0 Å². The summed E-state index contributed by atoms with van der Waals surface area (Å²) in [5.74, 6) is -0.595. The maximum Gasteiger partial charge on any atom is 0.308 e. The molecule has 7 heteroatoms. The van der Waals surface area contributed by atoms with Gasteiger partial charge in [0.05, 0.1) is 25.2 Å². The lowest BCUT2D eigenvalue weighted by Gasteiger charge is -2.34. The first-order valence-electron chi connectivity index (χ1n) is 12.5. The Balaban J connectivity index is 1.85. The topological polar surface area (TPSA) is 84.9 Å². The summed E-state index contributed by atoms with van der Waals surface area (Å²) in [7, 11) is 0. The van der Waals surface area contributed by atoms with Crippen molar-refractivity contribution in [2.24, 2.45) is 0 Å². The van der Waals surface area contributed by atoms with E-state index in [0.717, 1.165) is 25.7 Å². The molecular weight excluding hydrogens is 420 g/mol. The molecule has 1 aromatic carbocycles. The van der Waals surface area contributed by atoms with Gasteiger partial charge in [-0.05, 0) is 25.0 Å². The number of carbonyl (C=O) groups is 3. The van der Waals surface area contributed by atoms with Gasteiger partial charge in [0, 0.05) is 13.1 Å². The van der Waals surface area contributed by atoms with Gasteiger partial charge >= 0.3 is 5.97 Å². The van der Waals surface area contributed by atoms with Crippen LogP contribution in [0.2, 0.25) is 0 Å². The Hall–Kier alpha value is -2.57. The van der Waals surface area contributed by atoms with Gasteiger partial charge in [-0.1, -0.05) is 70.9 Å². The lowest BCUT2D eigenvalue weighted by atomic mass is 10.1. The van der Waals surface area contributed by atoms with Crippen LogP contribution in [0.15, 0.2) is 24.3 Å². The van der Waals surface area contributed by atoms with Crippen LogP contribution >= 0.6 is 0 Å². The lowest BCUT2D eigenvalue weighted by molar-refractivity contribution is -0.147. The highest BCUT2D eigenvalue weighted by atomic mass is 16.5. The molecule has 2 rings (SSSR count). The van der Waals surface area contributed by atoms with E-state index in [-0.39, 0.29) is 18.2 Å². The van der Waals surface area contributed by atoms with Gasteiger partial charge in [-0.2, -0.15) is 0 Å². The van der Waals surface area contributed by atoms with Crippen molar-refractivity contribution in [3.05, 3.63) is 29.8 Å². The quantitative estimate of drug-likeness (QED) is 0.308. The van der Waals surface area contributed by atoms with Crippen LogP contribution in [-0.2, 0) is 14.3 Å². The van der Waals surface area contributed by atoms with Crippen molar-refractivity contribution in [3.8, 4) is 5.75 Å². The number of hydrogen-bond acceptors (Lipinski definition) is 5. The summed E-state index contributed by atoms with van der Waals surface area (Å²) in [5.41, 5.74) is 0.401. The van der Waals surface area contributed by atoms with Crippen molar-refractivity contribution >= 4 is 17.8 Å². The molecule has 2 amide bonds. The van der Waals surface area contributed by atoms with Crippen molar-refractivity contribution in [1.29, 1.82) is 0 Å². The third kappa shape index (κ3) is 9.06. The van der Waals surface area contributed by atoms with Gasteiger partial charge in [-0.25, -0.2) is 0 Å². The highest BCUT2D eigenvalue weighted by Crippen LogP contribution is 2.23. The van der Waals surface area contributed by atoms with Gasteiger partial charge in [-0.3, -0.25) is 14.4 Å². The van der Waals surface area contributed by atoms with E-state index in [2.05, 4.69) is 12.2 Å². The van der Waals surface area contributed by atoms with Crippen molar-refractivity contribution in [1.82, 2.24) is 10.2 Å². The van der Waals surface area contributed by atoms with Gasteiger partial charge in [0.25, 0.3) is 5.91 Å². The molecule has 1 aromatic rings. The van der Waals surface area contributed by atoms with Crippen molar-refractivity contribution in [2.45, 2.75) is 84.1 Å². The molecule has 1 fully saturated rings. The highest BCUT2D eigenvalue weighted by molar-refractivity contribution is 6.01. The molecule has 1 aliphatic heterocycles. The molecule has 0 spiro atoms. The van der Waals surface area contributed by atoms with E-state index in [0.29, 0.717) is 37.6 Å². The minimum atomic E-state index is -0.878. The molecule has 33 heavy (non-hydrogen) atoms. The van der Waals surface area contributed by atoms with E-state index < -0.39 is 12.0 Å². The molecular formula is C26H40N2O5. The number of carbonyl (C=O) groups excluding carboxylic acids is 3. The van der Waals surface area contributed by atoms with Gasteiger partial charge in [-0.15, -0.1) is 0 Å². The van der Waals surface area contributed by atoms with Crippen molar-refractivity contribution in [3.63, 3.8) is 0 Å². The second-order valence-electron chi connectivity index (χ2n) is 8.55. The van der Waals surface area contributed by atoms with Crippen LogP contribution in [0.5, 0.6) is 5.75 Å². The number of piperazine rings is 1. The van der Waals surface area contributed by atoms with Crippen molar-refractivity contribution < 1.29 is 23.9 Å². The minimum absolute atomic E-state index is 0.146. The van der Waals surface area contributed by atoms with Gasteiger partial charge < -0.3 is 19.7 Å². The zero-order valence-electron chi connectivity index (χ0n) is 20.3. The lowest BCUT2D eigenvalue weighted by Crippen LogP contribution is -2.57. The van der Waals surface area contributed by atoms with E-state index in [1.54, 1.807) is 18.2 Å². The molecule has 1 saturated heterocycles. The molecule has 1 heterocycles. The number of amides is 2. The number of ether oxygens (including phenoxy) is 2. The number of para-hydroxylation sites is 1. The Kier molecular flexibility index (Phi) is 12.4. The summed E-state index contributed by atoms with van der Waals surface area (Å²) in [6.07, 6.45) is 9.99. The summed E-state index contributed by atoms with van der Waals surface area (Å²) >= 11 is 0. The molecule has 1 atom stereocenters. The highest BCUT2D eigenvalue weighted by Gasteiger charge is 2.36. The van der Waals surface area contributed by atoms with Crippen LogP contribution in [0, 0.1) is 0 Å². The van der Waals surface area contributed by atoms with Gasteiger partial charge in [0.15, 0.2) is 0 Å². The molecule has 0 saturated carbocycles. The Morgan fingerprint density at radius 1 is 0.970 bits per heavy atom. The molecule has 0 aliphatic carbocycles. The molecule has 1 unspecified atom stereocenters. The third-order valence-corrected chi connectivity index (χ3v) is 5.79. The smallest absolute Gasteiger partial charge is 0.308 e. The maximum absolute atomic E-state index is 13.3. The zero-order chi connectivity index (χ0) is 23.9. The SMILES string of the molecule is CCCCCCCCCCOC(=O)CC1C(=O)NCCN1C(=O)c1ccccc1OCCC. The van der Waals surface area contributed by atoms with Crippen LogP contribution in [0.3, 0.4) is 0 Å². The predicted molar refractivity (Wildman–Crippen MR) is 128 cm³/mol. The van der Waals surface area contributed by atoms with E-state index in [1.165, 1.54) is 37.0 Å². The Morgan fingerprint density at radius 3 is 2.39 bits per heavy atom. The molecule has 0 bridgehead atoms. The number of hydrogen-bond donors (Lipinski definition) is 1. The monoisotopic (exact) mass is 460 g/mol. The standard InChI is InChI=1S/C26H40N2O5/c1-3-5-6-7-8-9-10-13-19-33-24(29)20-22-25(30)27-16-17-28(22)26(31)21-14-11-12-15-23(21)32-18-4-2/h11-12,14-15,22H,3-10,13,16-20H2,1-2H3,(H,27,30). The van der Waals surface area contributed by atoms with Crippen LogP contribution in [0.1, 0.15) is 88.4 Å². The fourth-order valence-corrected chi connectivity index (χ4v) is 3.94. The Morgan fingerprint density at radius 2 is 1.67 bits per heavy atom. The first-order chi connectivity index (χ1) is 16.1. The molecule has 1 N–H and O–H groups in total. The van der Waals surface area contributed by atoms with E-state index >= 15 is 0 Å². The first kappa shape index (κ1) is 26.7. The predicted octanol–water partition coefficient (Wildman–Crippen LogP) is 4.49. The summed E-state index contributed by atoms with van der Waals surface area (Å²) in [6, 6.07) is 6.14. The summed E-state index contributed by atoms with van der Waals surface area (Å²) in [4.78, 5) is 39.6. The number of nitrogens with one attached hydrogen (secondary N) is 1. The maximum atomic E-state index is 13.3. The summed E-state index contributed by atoms with van der Waals surface area (Å²) in [5, 5.41) is 2.76. The van der Waals surface area contributed by atoms with Gasteiger partial charge in [0.2, 0.25) is 5.91 Å². The minimum Gasteiger partial charge on any atom is -0.493 e. The summed E-state index contributed by atoms with van der Waals surface area (Å²) < 4.78 is 11.1. The van der Waals surface area contributed by atoms with Crippen LogP contribution in [-0.4, -0.2) is 55.0 Å². The number of benzene rings is 1. The second kappa shape index (κ2) is 15.3. The Labute approximate surface area is 198 Å². The largest absolute Gasteiger partial charge is 0.493 e. The van der Waals surface area contributed by atoms with Crippen LogP contribution in [0.4, 0.5) is 0 Å². The van der Waals surface area contributed by atoms with Crippen LogP contribution < -0.4 is 10.1 Å². The van der Waals surface area contributed by atoms with E-state index in [4.69, 9.17) is 9.47 Å². The summed E-state index contributed by atoms with van der Waals surface area (Å²) in [6.45, 7) is 5.74. The number of nitrogens with zero attached hydrogens (tertiary/aromatic N) is 1. The number of esters is 1. The zero-order valence-corrected chi connectivity index (χ0v) is 20.3. The number of rotatable bonds is 15. The average Bonchev–Trinajstić information content (AvgIpc) is 2.82. The third-order valence-electron chi connectivity index (χ3n) is 5.79. The fraction of sp³-hybridized carbons (Fsp3) is 0.654. The molecule has 1 aliphatic rings. The average molecular weight is 461 g/mol. The normalized spacial score (nSPS) is 15.8. The van der Waals surface area contributed by atoms with E-state index in [9.17, 15) is 14.4 Å².